The predicted octanol–water partition coefficient (Wildman–Crippen LogP) is 6.65. The third-order valence-corrected chi connectivity index (χ3v) is 10.5. The van der Waals surface area contributed by atoms with E-state index in [0.29, 0.717) is 36.1 Å². The second-order valence-electron chi connectivity index (χ2n) is 12.4. The molecule has 262 valence electrons. The lowest BCUT2D eigenvalue weighted by atomic mass is 9.81. The summed E-state index contributed by atoms with van der Waals surface area (Å²) in [7, 11) is -1.82. The number of carbonyl (C=O) groups is 1. The third-order valence-electron chi connectivity index (χ3n) is 7.99. The molecule has 0 aliphatic carbocycles. The number of piperidine rings is 1. The van der Waals surface area contributed by atoms with Gasteiger partial charge in [-0.2, -0.15) is 4.37 Å². The summed E-state index contributed by atoms with van der Waals surface area (Å²) in [6.45, 7) is 5.67. The van der Waals surface area contributed by atoms with Gasteiger partial charge in [-0.3, -0.25) is 0 Å². The number of benzene rings is 3. The first-order valence-electron chi connectivity index (χ1n) is 15.5. The fraction of sp³-hybridized carbons (Fsp3) is 0.382. The molecule has 0 saturated carbocycles. The van der Waals surface area contributed by atoms with Gasteiger partial charge in [0.05, 0.1) is 27.4 Å². The van der Waals surface area contributed by atoms with Gasteiger partial charge in [-0.25, -0.2) is 31.3 Å². The summed E-state index contributed by atoms with van der Waals surface area (Å²) >= 11 is 0.776. The number of sulfonamides is 1. The molecule has 2 heterocycles. The van der Waals surface area contributed by atoms with Gasteiger partial charge in [0.1, 0.15) is 34.1 Å². The maximum absolute atomic E-state index is 15.7. The molecule has 0 N–H and O–H groups in total. The molecule has 3 aromatic carbocycles. The molecule has 5 rings (SSSR count). The lowest BCUT2D eigenvalue weighted by Crippen LogP contribution is -2.46. The van der Waals surface area contributed by atoms with Crippen LogP contribution >= 0.6 is 11.5 Å². The van der Waals surface area contributed by atoms with Crippen LogP contribution in [0.2, 0.25) is 0 Å². The van der Waals surface area contributed by atoms with E-state index in [1.54, 1.807) is 43.9 Å². The molecule has 0 unspecified atom stereocenters. The molecule has 0 radical (unpaired) electrons. The molecule has 2 atom stereocenters. The highest BCUT2D eigenvalue weighted by atomic mass is 32.2. The molecule has 49 heavy (non-hydrogen) atoms. The number of amides is 1. The van der Waals surface area contributed by atoms with Crippen LogP contribution in [0.3, 0.4) is 0 Å². The monoisotopic (exact) mass is 716 g/mol. The maximum Gasteiger partial charge on any atom is 0.410 e. The smallest absolute Gasteiger partial charge is 0.410 e. The second kappa shape index (κ2) is 14.9. The Bertz CT molecular complexity index is 1860. The van der Waals surface area contributed by atoms with Crippen molar-refractivity contribution in [1.82, 2.24) is 14.3 Å². The van der Waals surface area contributed by atoms with Crippen molar-refractivity contribution in [3.8, 4) is 17.2 Å². The van der Waals surface area contributed by atoms with E-state index >= 15 is 8.78 Å². The first-order chi connectivity index (χ1) is 23.3. The van der Waals surface area contributed by atoms with Gasteiger partial charge in [-0.05, 0) is 50.8 Å². The lowest BCUT2D eigenvalue weighted by molar-refractivity contribution is 0.0110. The van der Waals surface area contributed by atoms with Crippen LogP contribution < -0.4 is 18.5 Å². The zero-order valence-corrected chi connectivity index (χ0v) is 29.4. The van der Waals surface area contributed by atoms with Gasteiger partial charge in [0, 0.05) is 54.3 Å². The molecule has 1 aliphatic rings. The first-order valence-corrected chi connectivity index (χ1v) is 17.7. The number of carbonyl (C=O) groups excluding carboxylic acids is 1. The van der Waals surface area contributed by atoms with Crippen molar-refractivity contribution in [2.24, 2.45) is 5.92 Å². The summed E-state index contributed by atoms with van der Waals surface area (Å²) in [5.41, 5.74) is 0.760. The fourth-order valence-electron chi connectivity index (χ4n) is 5.64. The lowest BCUT2D eigenvalue weighted by Gasteiger charge is -2.39. The van der Waals surface area contributed by atoms with Crippen LogP contribution in [0.15, 0.2) is 71.9 Å². The summed E-state index contributed by atoms with van der Waals surface area (Å²) in [4.78, 5) is 17.6. The number of aromatic nitrogens is 2. The van der Waals surface area contributed by atoms with Crippen molar-refractivity contribution in [1.29, 1.82) is 0 Å². The van der Waals surface area contributed by atoms with E-state index in [0.717, 1.165) is 27.5 Å². The van der Waals surface area contributed by atoms with Crippen LogP contribution in [-0.4, -0.2) is 68.3 Å². The van der Waals surface area contributed by atoms with E-state index in [9.17, 15) is 13.2 Å². The first kappa shape index (κ1) is 35.8. The third kappa shape index (κ3) is 8.39. The number of methoxy groups -OCH3 is 2. The Labute approximate surface area is 288 Å². The van der Waals surface area contributed by atoms with Gasteiger partial charge in [0.15, 0.2) is 11.6 Å². The predicted molar refractivity (Wildman–Crippen MR) is 180 cm³/mol. The number of likely N-dealkylation sites (tertiary alicyclic amines) is 1. The molecule has 11 nitrogen and oxygen atoms in total. The van der Waals surface area contributed by atoms with Crippen molar-refractivity contribution in [2.75, 3.05) is 38.2 Å². The summed E-state index contributed by atoms with van der Waals surface area (Å²) in [6.07, 6.45) is 1.30. The van der Waals surface area contributed by atoms with E-state index in [4.69, 9.17) is 18.9 Å². The summed E-state index contributed by atoms with van der Waals surface area (Å²) in [6, 6.07) is 15.8. The summed E-state index contributed by atoms with van der Waals surface area (Å²) < 4.78 is 86.1. The minimum Gasteiger partial charge on any atom is -0.497 e. The van der Waals surface area contributed by atoms with Crippen molar-refractivity contribution < 1.29 is 40.9 Å². The van der Waals surface area contributed by atoms with Crippen LogP contribution in [0.1, 0.15) is 44.2 Å². The van der Waals surface area contributed by atoms with Crippen molar-refractivity contribution >= 4 is 32.8 Å². The standard InChI is InChI=1S/C34H38F2N4O7S2/c1-34(2,3)47-33(41)39-14-13-26(22-9-7-6-8-10-22)24(18-39)20-46-30-16-28(36)31(17-27(30)35)49(42,43)40(32-37-21-38-48-32)19-23-11-12-25(44-4)15-29(23)45-5/h6-12,15-17,21,24,26H,13-14,18-20H2,1-5H3/t24-,26-/m1/s1. The zero-order chi connectivity index (χ0) is 35.3. The molecular formula is C34H38F2N4O7S2. The highest BCUT2D eigenvalue weighted by molar-refractivity contribution is 7.93. The number of halogens is 2. The Morgan fingerprint density at radius 2 is 1.78 bits per heavy atom. The van der Waals surface area contributed by atoms with E-state index in [-0.39, 0.29) is 36.7 Å². The molecule has 0 spiro atoms. The summed E-state index contributed by atoms with van der Waals surface area (Å²) in [5.74, 6) is -2.29. The van der Waals surface area contributed by atoms with Gasteiger partial charge in [0.25, 0.3) is 10.0 Å². The Hall–Kier alpha value is -4.50. The van der Waals surface area contributed by atoms with Gasteiger partial charge in [-0.15, -0.1) is 0 Å². The topological polar surface area (TPSA) is 120 Å². The largest absolute Gasteiger partial charge is 0.497 e. The number of rotatable bonds is 11. The molecule has 1 aromatic heterocycles. The molecule has 15 heteroatoms. The van der Waals surface area contributed by atoms with Gasteiger partial charge in [-0.1, -0.05) is 30.3 Å². The van der Waals surface area contributed by atoms with Crippen molar-refractivity contribution in [2.45, 2.75) is 50.2 Å². The molecule has 1 fully saturated rings. The van der Waals surface area contributed by atoms with Crippen LogP contribution in [0.5, 0.6) is 17.2 Å². The Morgan fingerprint density at radius 3 is 2.43 bits per heavy atom. The van der Waals surface area contributed by atoms with Crippen LogP contribution in [0.25, 0.3) is 0 Å². The van der Waals surface area contributed by atoms with E-state index in [1.165, 1.54) is 20.5 Å². The average Bonchev–Trinajstić information content (AvgIpc) is 3.61. The Kier molecular flexibility index (Phi) is 10.9. The highest BCUT2D eigenvalue weighted by Crippen LogP contribution is 2.37. The second-order valence-corrected chi connectivity index (χ2v) is 15.0. The van der Waals surface area contributed by atoms with Crippen LogP contribution in [0.4, 0.5) is 18.7 Å². The van der Waals surface area contributed by atoms with Crippen molar-refractivity contribution in [3.63, 3.8) is 0 Å². The van der Waals surface area contributed by atoms with Crippen LogP contribution in [0, 0.1) is 17.6 Å². The molecule has 0 bridgehead atoms. The zero-order valence-electron chi connectivity index (χ0n) is 27.8. The van der Waals surface area contributed by atoms with Gasteiger partial charge < -0.3 is 23.8 Å². The number of hydrogen-bond donors (Lipinski definition) is 0. The number of hydrogen-bond acceptors (Lipinski definition) is 10. The fourth-order valence-corrected chi connectivity index (χ4v) is 7.83. The minimum absolute atomic E-state index is 0.0390. The molecule has 4 aromatic rings. The molecule has 1 amide bonds. The van der Waals surface area contributed by atoms with Gasteiger partial charge >= 0.3 is 6.09 Å². The molecule has 1 saturated heterocycles. The molecule has 1 aliphatic heterocycles. The normalized spacial score (nSPS) is 16.6. The van der Waals surface area contributed by atoms with E-state index in [1.807, 2.05) is 30.3 Å². The van der Waals surface area contributed by atoms with E-state index < -0.39 is 44.0 Å². The minimum atomic E-state index is -4.72. The molecular weight excluding hydrogens is 679 g/mol. The van der Waals surface area contributed by atoms with Crippen molar-refractivity contribution in [3.05, 3.63) is 89.8 Å². The Balaban J connectivity index is 1.40. The summed E-state index contributed by atoms with van der Waals surface area (Å²) in [5, 5.41) is -0.0585. The maximum atomic E-state index is 15.7. The number of nitrogens with zero attached hydrogens (tertiary/aromatic N) is 4. The van der Waals surface area contributed by atoms with E-state index in [2.05, 4.69) is 9.36 Å². The highest BCUT2D eigenvalue weighted by Gasteiger charge is 2.36. The number of anilines is 1. The SMILES string of the molecule is COc1ccc(CN(c2ncns2)S(=O)(=O)c2cc(F)c(OC[C@H]3CN(C(=O)OC(C)(C)C)CC[C@@H]3c3ccccc3)cc2F)c(OC)c1. The van der Waals surface area contributed by atoms with Gasteiger partial charge in [0.2, 0.25) is 5.13 Å². The average molecular weight is 717 g/mol. The Morgan fingerprint density at radius 1 is 1.02 bits per heavy atom. The quantitative estimate of drug-likeness (QED) is 0.168. The number of ether oxygens (including phenoxy) is 4. The van der Waals surface area contributed by atoms with Crippen LogP contribution in [-0.2, 0) is 21.3 Å².